The third kappa shape index (κ3) is 1.58. The molecule has 0 unspecified atom stereocenters. The molecule has 0 aliphatic carbocycles. The highest BCUT2D eigenvalue weighted by atomic mass is 16.1. The molecule has 2 rings (SSSR count). The predicted molar refractivity (Wildman–Crippen MR) is 50.6 cm³/mol. The Bertz CT molecular complexity index is 377. The number of hydrogen-bond acceptors (Lipinski definition) is 4. The van der Waals surface area contributed by atoms with Crippen molar-refractivity contribution in [3.63, 3.8) is 0 Å². The minimum atomic E-state index is -0.520. The monoisotopic (exact) mass is 192 g/mol. The van der Waals surface area contributed by atoms with Gasteiger partial charge in [0.1, 0.15) is 5.69 Å². The van der Waals surface area contributed by atoms with E-state index in [0.717, 1.165) is 30.9 Å². The van der Waals surface area contributed by atoms with E-state index < -0.39 is 5.91 Å². The van der Waals surface area contributed by atoms with Gasteiger partial charge >= 0.3 is 0 Å². The Hall–Kier alpha value is -1.49. The van der Waals surface area contributed by atoms with Crippen molar-refractivity contribution in [2.24, 2.45) is 5.73 Å². The molecular weight excluding hydrogens is 180 g/mol. The second kappa shape index (κ2) is 3.34. The molecule has 74 valence electrons. The number of aromatic nitrogens is 2. The summed E-state index contributed by atoms with van der Waals surface area (Å²) in [6.45, 7) is 1.72. The van der Waals surface area contributed by atoms with Crippen LogP contribution >= 0.6 is 0 Å². The van der Waals surface area contributed by atoms with Crippen molar-refractivity contribution < 1.29 is 4.79 Å². The van der Waals surface area contributed by atoms with E-state index in [1.165, 1.54) is 6.20 Å². The molecule has 0 aromatic carbocycles. The molecule has 1 aromatic rings. The maximum atomic E-state index is 10.9. The van der Waals surface area contributed by atoms with Gasteiger partial charge in [-0.2, -0.15) is 0 Å². The third-order valence-electron chi connectivity index (χ3n) is 2.33. The summed E-state index contributed by atoms with van der Waals surface area (Å²) in [6, 6.07) is 0. The van der Waals surface area contributed by atoms with Crippen LogP contribution in [0.15, 0.2) is 6.20 Å². The van der Waals surface area contributed by atoms with Gasteiger partial charge in [0, 0.05) is 19.5 Å². The van der Waals surface area contributed by atoms with Gasteiger partial charge in [-0.05, 0) is 7.05 Å². The molecule has 5 heteroatoms. The van der Waals surface area contributed by atoms with E-state index in [-0.39, 0.29) is 5.69 Å². The summed E-state index contributed by atoms with van der Waals surface area (Å²) in [5, 5.41) is 0. The van der Waals surface area contributed by atoms with Crippen molar-refractivity contribution >= 4 is 5.91 Å². The fourth-order valence-electron chi connectivity index (χ4n) is 1.54. The van der Waals surface area contributed by atoms with Gasteiger partial charge < -0.3 is 10.6 Å². The number of likely N-dealkylation sites (N-methyl/N-ethyl adjacent to an activating group) is 1. The van der Waals surface area contributed by atoms with Crippen LogP contribution in [0.5, 0.6) is 0 Å². The zero-order valence-electron chi connectivity index (χ0n) is 8.03. The normalized spacial score (nSPS) is 16.4. The molecular formula is C9H12N4O. The SMILES string of the molecule is CN1CCc2ncc(C(N)=O)nc2C1. The first-order valence-electron chi connectivity index (χ1n) is 4.50. The smallest absolute Gasteiger partial charge is 0.268 e. The number of carbonyl (C=O) groups is 1. The number of carbonyl (C=O) groups excluding carboxylic acids is 1. The van der Waals surface area contributed by atoms with E-state index >= 15 is 0 Å². The second-order valence-corrected chi connectivity index (χ2v) is 3.50. The number of nitrogens with two attached hydrogens (primary N) is 1. The maximum Gasteiger partial charge on any atom is 0.268 e. The van der Waals surface area contributed by atoms with Crippen molar-refractivity contribution in [1.29, 1.82) is 0 Å². The lowest BCUT2D eigenvalue weighted by atomic mass is 10.1. The molecule has 0 saturated carbocycles. The number of fused-ring (bicyclic) bond motifs is 1. The fourth-order valence-corrected chi connectivity index (χ4v) is 1.54. The van der Waals surface area contributed by atoms with E-state index in [1.54, 1.807) is 0 Å². The quantitative estimate of drug-likeness (QED) is 0.655. The lowest BCUT2D eigenvalue weighted by Crippen LogP contribution is -2.29. The van der Waals surface area contributed by atoms with Gasteiger partial charge in [0.2, 0.25) is 0 Å². The largest absolute Gasteiger partial charge is 0.364 e. The number of amides is 1. The van der Waals surface area contributed by atoms with Crippen molar-refractivity contribution in [3.05, 3.63) is 23.3 Å². The first-order chi connectivity index (χ1) is 6.66. The molecule has 5 nitrogen and oxygen atoms in total. The third-order valence-corrected chi connectivity index (χ3v) is 2.33. The Labute approximate surface area is 82.0 Å². The summed E-state index contributed by atoms with van der Waals surface area (Å²) in [7, 11) is 2.02. The summed E-state index contributed by atoms with van der Waals surface area (Å²) in [5.41, 5.74) is 7.23. The van der Waals surface area contributed by atoms with Gasteiger partial charge in [0.15, 0.2) is 0 Å². The van der Waals surface area contributed by atoms with Crippen molar-refractivity contribution in [3.8, 4) is 0 Å². The first kappa shape index (κ1) is 9.08. The average Bonchev–Trinajstić information content (AvgIpc) is 2.16. The number of rotatable bonds is 1. The van der Waals surface area contributed by atoms with Gasteiger partial charge in [-0.1, -0.05) is 0 Å². The van der Waals surface area contributed by atoms with Crippen LogP contribution in [0, 0.1) is 0 Å². The molecule has 0 atom stereocenters. The number of primary amides is 1. The predicted octanol–water partition coefficient (Wildman–Crippen LogP) is -0.437. The van der Waals surface area contributed by atoms with Gasteiger partial charge in [0.05, 0.1) is 17.6 Å². The Morgan fingerprint density at radius 1 is 1.57 bits per heavy atom. The van der Waals surface area contributed by atoms with Gasteiger partial charge in [0.25, 0.3) is 5.91 Å². The first-order valence-corrected chi connectivity index (χ1v) is 4.50. The summed E-state index contributed by atoms with van der Waals surface area (Å²) < 4.78 is 0. The molecule has 0 fully saturated rings. The van der Waals surface area contributed by atoms with E-state index in [0.29, 0.717) is 0 Å². The Morgan fingerprint density at radius 3 is 3.07 bits per heavy atom. The molecule has 1 amide bonds. The minimum absolute atomic E-state index is 0.249. The molecule has 0 bridgehead atoms. The molecule has 2 heterocycles. The molecule has 1 aromatic heterocycles. The van der Waals surface area contributed by atoms with Gasteiger partial charge in [-0.25, -0.2) is 4.98 Å². The lowest BCUT2D eigenvalue weighted by molar-refractivity contribution is 0.0994. The van der Waals surface area contributed by atoms with Crippen LogP contribution < -0.4 is 5.73 Å². The molecule has 14 heavy (non-hydrogen) atoms. The van der Waals surface area contributed by atoms with Crippen LogP contribution in [-0.4, -0.2) is 34.4 Å². The van der Waals surface area contributed by atoms with Crippen LogP contribution in [0.3, 0.4) is 0 Å². The Kier molecular flexibility index (Phi) is 2.17. The van der Waals surface area contributed by atoms with E-state index in [1.807, 2.05) is 7.05 Å². The summed E-state index contributed by atoms with van der Waals surface area (Å²) in [6.07, 6.45) is 2.34. The number of hydrogen-bond donors (Lipinski definition) is 1. The zero-order chi connectivity index (χ0) is 10.1. The molecule has 0 saturated heterocycles. The Balaban J connectivity index is 2.37. The molecule has 0 spiro atoms. The summed E-state index contributed by atoms with van der Waals surface area (Å²) in [5.74, 6) is -0.520. The molecule has 2 N–H and O–H groups in total. The fraction of sp³-hybridized carbons (Fsp3) is 0.444. The number of nitrogens with zero attached hydrogens (tertiary/aromatic N) is 3. The molecule has 1 aliphatic rings. The zero-order valence-corrected chi connectivity index (χ0v) is 8.03. The van der Waals surface area contributed by atoms with Gasteiger partial charge in [-0.3, -0.25) is 9.78 Å². The Morgan fingerprint density at radius 2 is 2.36 bits per heavy atom. The van der Waals surface area contributed by atoms with E-state index in [4.69, 9.17) is 5.73 Å². The van der Waals surface area contributed by atoms with Crippen LogP contribution in [-0.2, 0) is 13.0 Å². The topological polar surface area (TPSA) is 72.1 Å². The average molecular weight is 192 g/mol. The summed E-state index contributed by atoms with van der Waals surface area (Å²) >= 11 is 0. The van der Waals surface area contributed by atoms with Crippen molar-refractivity contribution in [2.75, 3.05) is 13.6 Å². The summed E-state index contributed by atoms with van der Waals surface area (Å²) in [4.78, 5) is 21.4. The van der Waals surface area contributed by atoms with Crippen molar-refractivity contribution in [1.82, 2.24) is 14.9 Å². The highest BCUT2D eigenvalue weighted by Gasteiger charge is 2.17. The highest BCUT2D eigenvalue weighted by molar-refractivity contribution is 5.90. The van der Waals surface area contributed by atoms with Crippen molar-refractivity contribution in [2.45, 2.75) is 13.0 Å². The van der Waals surface area contributed by atoms with Crippen LogP contribution in [0.2, 0.25) is 0 Å². The van der Waals surface area contributed by atoms with E-state index in [9.17, 15) is 4.79 Å². The highest BCUT2D eigenvalue weighted by Crippen LogP contribution is 2.13. The molecule has 1 aliphatic heterocycles. The van der Waals surface area contributed by atoms with Crippen LogP contribution in [0.1, 0.15) is 21.9 Å². The van der Waals surface area contributed by atoms with Gasteiger partial charge in [-0.15, -0.1) is 0 Å². The van der Waals surface area contributed by atoms with Crippen LogP contribution in [0.4, 0.5) is 0 Å². The van der Waals surface area contributed by atoms with Crippen LogP contribution in [0.25, 0.3) is 0 Å². The molecule has 0 radical (unpaired) electrons. The van der Waals surface area contributed by atoms with E-state index in [2.05, 4.69) is 14.9 Å². The lowest BCUT2D eigenvalue weighted by Gasteiger charge is -2.23. The standard InChI is InChI=1S/C9H12N4O/c1-13-3-2-6-8(5-13)12-7(4-11-6)9(10)14/h4H,2-3,5H2,1H3,(H2,10,14). The minimum Gasteiger partial charge on any atom is -0.364 e. The second-order valence-electron chi connectivity index (χ2n) is 3.50. The maximum absolute atomic E-state index is 10.9.